The average molecular weight is 286 g/mol. The summed E-state index contributed by atoms with van der Waals surface area (Å²) in [4.78, 5) is 0. The maximum Gasteiger partial charge on any atom is 0.145 e. The molecule has 1 spiro atoms. The zero-order valence-corrected chi connectivity index (χ0v) is 11.4. The van der Waals surface area contributed by atoms with Crippen molar-refractivity contribution >= 4 is 11.6 Å². The van der Waals surface area contributed by atoms with Crippen LogP contribution < -0.4 is 10.1 Å². The van der Waals surface area contributed by atoms with Gasteiger partial charge in [0.15, 0.2) is 0 Å². The number of morpholine rings is 1. The Morgan fingerprint density at radius 1 is 1.47 bits per heavy atom. The summed E-state index contributed by atoms with van der Waals surface area (Å²) in [7, 11) is 0. The molecule has 1 aliphatic carbocycles. The molecule has 1 aromatic carbocycles. The van der Waals surface area contributed by atoms with Gasteiger partial charge in [-0.15, -0.1) is 0 Å². The number of hydrogen-bond donors (Lipinski definition) is 1. The van der Waals surface area contributed by atoms with E-state index in [4.69, 9.17) is 21.1 Å². The number of rotatable bonds is 3. The van der Waals surface area contributed by atoms with Crippen LogP contribution in [0.4, 0.5) is 4.39 Å². The molecule has 5 heteroatoms. The molecule has 1 unspecified atom stereocenters. The van der Waals surface area contributed by atoms with Crippen molar-refractivity contribution in [2.45, 2.75) is 30.9 Å². The monoisotopic (exact) mass is 285 g/mol. The Balaban J connectivity index is 1.48. The molecule has 1 aliphatic heterocycles. The first-order chi connectivity index (χ1) is 9.17. The Bertz CT molecular complexity index is 455. The number of halogens is 2. The van der Waals surface area contributed by atoms with Gasteiger partial charge in [0.25, 0.3) is 0 Å². The standard InChI is InChI=1S/C14H17ClFNO2/c15-12-3-2-10(6-13(12)16)18-8-11-7-17-14(9-19-11)4-1-5-14/h2-3,6,11,17H,1,4-5,7-9H2. The van der Waals surface area contributed by atoms with Crippen LogP contribution in [0, 0.1) is 5.82 Å². The van der Waals surface area contributed by atoms with E-state index < -0.39 is 5.82 Å². The predicted molar refractivity (Wildman–Crippen MR) is 71.2 cm³/mol. The number of ether oxygens (including phenoxy) is 2. The molecule has 104 valence electrons. The van der Waals surface area contributed by atoms with Gasteiger partial charge in [-0.25, -0.2) is 4.39 Å². The Morgan fingerprint density at radius 2 is 2.32 bits per heavy atom. The molecule has 0 amide bonds. The van der Waals surface area contributed by atoms with Crippen molar-refractivity contribution in [3.05, 3.63) is 29.0 Å². The van der Waals surface area contributed by atoms with Crippen molar-refractivity contribution < 1.29 is 13.9 Å². The maximum absolute atomic E-state index is 13.2. The van der Waals surface area contributed by atoms with Crippen LogP contribution in [0.2, 0.25) is 5.02 Å². The molecule has 1 heterocycles. The van der Waals surface area contributed by atoms with Crippen LogP contribution in [-0.2, 0) is 4.74 Å². The predicted octanol–water partition coefficient (Wildman–Crippen LogP) is 2.77. The van der Waals surface area contributed by atoms with Gasteiger partial charge in [-0.3, -0.25) is 0 Å². The number of nitrogens with one attached hydrogen (secondary N) is 1. The summed E-state index contributed by atoms with van der Waals surface area (Å²) in [6.45, 7) is 1.95. The summed E-state index contributed by atoms with van der Waals surface area (Å²) < 4.78 is 24.6. The highest BCUT2D eigenvalue weighted by atomic mass is 35.5. The van der Waals surface area contributed by atoms with Crippen molar-refractivity contribution in [1.29, 1.82) is 0 Å². The van der Waals surface area contributed by atoms with Crippen molar-refractivity contribution in [1.82, 2.24) is 5.32 Å². The second-order valence-electron chi connectivity index (χ2n) is 5.33. The van der Waals surface area contributed by atoms with Crippen LogP contribution in [0.5, 0.6) is 5.75 Å². The summed E-state index contributed by atoms with van der Waals surface area (Å²) >= 11 is 5.62. The molecule has 1 saturated carbocycles. The molecule has 2 fully saturated rings. The highest BCUT2D eigenvalue weighted by Gasteiger charge is 2.40. The highest BCUT2D eigenvalue weighted by molar-refractivity contribution is 6.30. The second kappa shape index (κ2) is 5.27. The summed E-state index contributed by atoms with van der Waals surface area (Å²) in [6.07, 6.45) is 3.69. The van der Waals surface area contributed by atoms with Crippen LogP contribution in [0.25, 0.3) is 0 Å². The normalized spacial score (nSPS) is 25.1. The third-order valence-electron chi connectivity index (χ3n) is 3.94. The van der Waals surface area contributed by atoms with Crippen molar-refractivity contribution in [3.8, 4) is 5.75 Å². The first-order valence-electron chi connectivity index (χ1n) is 6.61. The van der Waals surface area contributed by atoms with Crippen LogP contribution in [0.1, 0.15) is 19.3 Å². The minimum absolute atomic E-state index is 0.0185. The van der Waals surface area contributed by atoms with Gasteiger partial charge in [-0.2, -0.15) is 0 Å². The molecule has 0 aromatic heterocycles. The minimum atomic E-state index is -0.463. The lowest BCUT2D eigenvalue weighted by atomic mass is 9.76. The van der Waals surface area contributed by atoms with Crippen molar-refractivity contribution in [3.63, 3.8) is 0 Å². The van der Waals surface area contributed by atoms with Gasteiger partial charge in [0.2, 0.25) is 0 Å². The molecule has 0 bridgehead atoms. The molecular formula is C14H17ClFNO2. The average Bonchev–Trinajstić information content (AvgIpc) is 2.39. The zero-order chi connectivity index (χ0) is 13.3. The summed E-state index contributed by atoms with van der Waals surface area (Å²) in [6, 6.07) is 4.46. The molecular weight excluding hydrogens is 269 g/mol. The number of benzene rings is 1. The lowest BCUT2D eigenvalue weighted by Gasteiger charge is -2.47. The second-order valence-corrected chi connectivity index (χ2v) is 5.74. The van der Waals surface area contributed by atoms with Gasteiger partial charge >= 0.3 is 0 Å². The quantitative estimate of drug-likeness (QED) is 0.926. The summed E-state index contributed by atoms with van der Waals surface area (Å²) in [5.41, 5.74) is 0.225. The topological polar surface area (TPSA) is 30.5 Å². The molecule has 1 saturated heterocycles. The fraction of sp³-hybridized carbons (Fsp3) is 0.571. The lowest BCUT2D eigenvalue weighted by molar-refractivity contribution is -0.0742. The lowest BCUT2D eigenvalue weighted by Crippen LogP contribution is -2.61. The van der Waals surface area contributed by atoms with Gasteiger partial charge in [-0.05, 0) is 31.4 Å². The van der Waals surface area contributed by atoms with E-state index in [0.717, 1.165) is 13.2 Å². The first kappa shape index (κ1) is 13.2. The van der Waals surface area contributed by atoms with E-state index in [1.165, 1.54) is 31.4 Å². The van der Waals surface area contributed by atoms with E-state index in [0.29, 0.717) is 12.4 Å². The van der Waals surface area contributed by atoms with E-state index in [1.54, 1.807) is 6.07 Å². The van der Waals surface area contributed by atoms with Crippen LogP contribution in [0.3, 0.4) is 0 Å². The Hall–Kier alpha value is -0.840. The maximum atomic E-state index is 13.2. The molecule has 1 atom stereocenters. The molecule has 3 nitrogen and oxygen atoms in total. The summed E-state index contributed by atoms with van der Waals surface area (Å²) in [5, 5.41) is 3.64. The van der Waals surface area contributed by atoms with E-state index >= 15 is 0 Å². The molecule has 1 N–H and O–H groups in total. The van der Waals surface area contributed by atoms with Crippen LogP contribution in [0.15, 0.2) is 18.2 Å². The molecule has 2 aliphatic rings. The van der Waals surface area contributed by atoms with E-state index in [2.05, 4.69) is 5.32 Å². The van der Waals surface area contributed by atoms with Gasteiger partial charge in [0.1, 0.15) is 24.3 Å². The van der Waals surface area contributed by atoms with Gasteiger partial charge in [-0.1, -0.05) is 11.6 Å². The Morgan fingerprint density at radius 3 is 2.89 bits per heavy atom. The largest absolute Gasteiger partial charge is 0.491 e. The van der Waals surface area contributed by atoms with Gasteiger partial charge < -0.3 is 14.8 Å². The Kier molecular flexibility index (Phi) is 3.65. The highest BCUT2D eigenvalue weighted by Crippen LogP contribution is 2.34. The zero-order valence-electron chi connectivity index (χ0n) is 10.6. The van der Waals surface area contributed by atoms with E-state index in [9.17, 15) is 4.39 Å². The molecule has 3 rings (SSSR count). The van der Waals surface area contributed by atoms with Gasteiger partial charge in [0.05, 0.1) is 11.6 Å². The molecule has 19 heavy (non-hydrogen) atoms. The van der Waals surface area contributed by atoms with Crippen LogP contribution in [-0.4, -0.2) is 31.4 Å². The van der Waals surface area contributed by atoms with Crippen molar-refractivity contribution in [2.75, 3.05) is 19.8 Å². The summed E-state index contributed by atoms with van der Waals surface area (Å²) in [5.74, 6) is 0.0182. The third kappa shape index (κ3) is 2.86. The molecule has 0 radical (unpaired) electrons. The third-order valence-corrected chi connectivity index (χ3v) is 4.24. The number of hydrogen-bond acceptors (Lipinski definition) is 3. The SMILES string of the molecule is Fc1cc(OCC2CNC3(CCC3)CO2)ccc1Cl. The fourth-order valence-electron chi connectivity index (χ4n) is 2.51. The fourth-order valence-corrected chi connectivity index (χ4v) is 2.62. The van der Waals surface area contributed by atoms with Crippen molar-refractivity contribution in [2.24, 2.45) is 0 Å². The van der Waals surface area contributed by atoms with Crippen LogP contribution >= 0.6 is 11.6 Å². The first-order valence-corrected chi connectivity index (χ1v) is 6.99. The smallest absolute Gasteiger partial charge is 0.145 e. The van der Waals surface area contributed by atoms with E-state index in [1.807, 2.05) is 0 Å². The van der Waals surface area contributed by atoms with E-state index in [-0.39, 0.29) is 16.7 Å². The minimum Gasteiger partial charge on any atom is -0.491 e. The molecule has 1 aromatic rings. The Labute approximate surface area is 117 Å². The van der Waals surface area contributed by atoms with Gasteiger partial charge in [0, 0.05) is 18.2 Å².